The highest BCUT2D eigenvalue weighted by atomic mass is 35.5. The van der Waals surface area contributed by atoms with Crippen LogP contribution in [-0.4, -0.2) is 29.2 Å². The minimum Gasteiger partial charge on any atom is -0.491 e. The molecule has 0 fully saturated rings. The molecule has 110 valence electrons. The smallest absolute Gasteiger partial charge is 0.270 e. The zero-order chi connectivity index (χ0) is 15.1. The van der Waals surface area contributed by atoms with E-state index in [-0.39, 0.29) is 19.1 Å². The average molecular weight is 307 g/mol. The summed E-state index contributed by atoms with van der Waals surface area (Å²) in [6, 6.07) is 10.5. The highest BCUT2D eigenvalue weighted by molar-refractivity contribution is 6.30. The number of aromatic nitrogens is 1. The van der Waals surface area contributed by atoms with Crippen molar-refractivity contribution in [2.24, 2.45) is 0 Å². The Morgan fingerprint density at radius 2 is 2.10 bits per heavy atom. The summed E-state index contributed by atoms with van der Waals surface area (Å²) in [7, 11) is 0. The lowest BCUT2D eigenvalue weighted by Gasteiger charge is -2.11. The third-order valence-electron chi connectivity index (χ3n) is 2.72. The van der Waals surface area contributed by atoms with Crippen molar-refractivity contribution < 1.29 is 14.6 Å². The van der Waals surface area contributed by atoms with Gasteiger partial charge in [0.15, 0.2) is 0 Å². The van der Waals surface area contributed by atoms with Crippen LogP contribution in [0.15, 0.2) is 42.6 Å². The van der Waals surface area contributed by atoms with Crippen LogP contribution in [-0.2, 0) is 6.54 Å². The predicted molar refractivity (Wildman–Crippen MR) is 79.4 cm³/mol. The molecule has 1 heterocycles. The van der Waals surface area contributed by atoms with E-state index < -0.39 is 0 Å². The number of nitrogens with one attached hydrogen (secondary N) is 1. The van der Waals surface area contributed by atoms with E-state index in [4.69, 9.17) is 21.4 Å². The van der Waals surface area contributed by atoms with Gasteiger partial charge in [-0.2, -0.15) is 0 Å². The topological polar surface area (TPSA) is 71.5 Å². The first-order valence-corrected chi connectivity index (χ1v) is 6.80. The number of pyridine rings is 1. The number of carbonyl (C=O) groups is 1. The summed E-state index contributed by atoms with van der Waals surface area (Å²) in [6.07, 6.45) is 1.43. The first-order chi connectivity index (χ1) is 10.2. The van der Waals surface area contributed by atoms with E-state index in [0.29, 0.717) is 23.0 Å². The number of hydrogen-bond donors (Lipinski definition) is 2. The van der Waals surface area contributed by atoms with Gasteiger partial charge < -0.3 is 15.2 Å². The maximum Gasteiger partial charge on any atom is 0.270 e. The molecule has 1 aromatic heterocycles. The Morgan fingerprint density at radius 3 is 2.81 bits per heavy atom. The molecule has 6 heteroatoms. The molecule has 5 nitrogen and oxygen atoms in total. The highest BCUT2D eigenvalue weighted by Crippen LogP contribution is 2.17. The van der Waals surface area contributed by atoms with Crippen molar-refractivity contribution >= 4 is 17.5 Å². The minimum absolute atomic E-state index is 0.0601. The Bertz CT molecular complexity index is 602. The molecule has 0 unspecified atom stereocenters. The zero-order valence-corrected chi connectivity index (χ0v) is 12.0. The molecule has 0 aliphatic heterocycles. The number of ether oxygens (including phenoxy) is 1. The number of aliphatic hydroxyl groups is 1. The molecular weight excluding hydrogens is 292 g/mol. The van der Waals surface area contributed by atoms with E-state index in [1.807, 2.05) is 18.2 Å². The first kappa shape index (κ1) is 15.3. The number of carbonyl (C=O) groups excluding carboxylic acids is 1. The van der Waals surface area contributed by atoms with Crippen LogP contribution in [0.25, 0.3) is 0 Å². The van der Waals surface area contributed by atoms with Gasteiger partial charge in [-0.25, -0.2) is 4.98 Å². The Balaban J connectivity index is 1.99. The van der Waals surface area contributed by atoms with Gasteiger partial charge in [0, 0.05) is 18.3 Å². The average Bonchev–Trinajstić information content (AvgIpc) is 2.52. The van der Waals surface area contributed by atoms with Crippen LogP contribution in [0.2, 0.25) is 5.02 Å². The molecule has 0 atom stereocenters. The molecule has 0 saturated heterocycles. The van der Waals surface area contributed by atoms with E-state index >= 15 is 0 Å². The number of amides is 1. The maximum absolute atomic E-state index is 12.0. The number of aliphatic hydroxyl groups excluding tert-OH is 1. The van der Waals surface area contributed by atoms with Gasteiger partial charge in [0.25, 0.3) is 5.91 Å². The van der Waals surface area contributed by atoms with Crippen molar-refractivity contribution in [1.82, 2.24) is 10.3 Å². The van der Waals surface area contributed by atoms with Crippen molar-refractivity contribution in [3.05, 3.63) is 58.9 Å². The van der Waals surface area contributed by atoms with Crippen LogP contribution < -0.4 is 10.1 Å². The van der Waals surface area contributed by atoms with Crippen molar-refractivity contribution in [1.29, 1.82) is 0 Å². The molecule has 2 N–H and O–H groups in total. The van der Waals surface area contributed by atoms with Gasteiger partial charge in [-0.1, -0.05) is 29.8 Å². The summed E-state index contributed by atoms with van der Waals surface area (Å²) >= 11 is 5.73. The van der Waals surface area contributed by atoms with Gasteiger partial charge in [-0.15, -0.1) is 0 Å². The SMILES string of the molecule is O=C(NCc1ccccc1OCCO)c1ccc(Cl)cn1. The zero-order valence-electron chi connectivity index (χ0n) is 11.3. The first-order valence-electron chi connectivity index (χ1n) is 6.42. The summed E-state index contributed by atoms with van der Waals surface area (Å²) in [5.74, 6) is 0.347. The Labute approximate surface area is 127 Å². The number of benzene rings is 1. The van der Waals surface area contributed by atoms with Gasteiger partial charge in [-0.3, -0.25) is 4.79 Å². The van der Waals surface area contributed by atoms with Crippen LogP contribution in [0.3, 0.4) is 0 Å². The quantitative estimate of drug-likeness (QED) is 0.856. The number of rotatable bonds is 6. The van der Waals surface area contributed by atoms with E-state index in [0.717, 1.165) is 5.56 Å². The molecule has 2 rings (SSSR count). The molecule has 0 bridgehead atoms. The van der Waals surface area contributed by atoms with E-state index in [9.17, 15) is 4.79 Å². The number of halogens is 1. The third-order valence-corrected chi connectivity index (χ3v) is 2.94. The van der Waals surface area contributed by atoms with Crippen molar-refractivity contribution in [2.75, 3.05) is 13.2 Å². The number of hydrogen-bond acceptors (Lipinski definition) is 4. The second-order valence-electron chi connectivity index (χ2n) is 4.22. The molecule has 0 radical (unpaired) electrons. The van der Waals surface area contributed by atoms with Gasteiger partial charge in [-0.05, 0) is 18.2 Å². The van der Waals surface area contributed by atoms with Gasteiger partial charge in [0.2, 0.25) is 0 Å². The standard InChI is InChI=1S/C15H15ClN2O3/c16-12-5-6-13(17-10-12)15(20)18-9-11-3-1-2-4-14(11)21-8-7-19/h1-6,10,19H,7-9H2,(H,18,20). The summed E-state index contributed by atoms with van der Waals surface area (Å²) < 4.78 is 5.41. The molecule has 0 saturated carbocycles. The summed E-state index contributed by atoms with van der Waals surface area (Å²) in [5.41, 5.74) is 1.13. The van der Waals surface area contributed by atoms with E-state index in [2.05, 4.69) is 10.3 Å². The maximum atomic E-state index is 12.0. The second kappa shape index (κ2) is 7.61. The molecule has 0 spiro atoms. The van der Waals surface area contributed by atoms with Crippen LogP contribution >= 0.6 is 11.6 Å². The second-order valence-corrected chi connectivity index (χ2v) is 4.66. The number of para-hydroxylation sites is 1. The van der Waals surface area contributed by atoms with Crippen LogP contribution in [0.5, 0.6) is 5.75 Å². The third kappa shape index (κ3) is 4.44. The van der Waals surface area contributed by atoms with Crippen molar-refractivity contribution in [2.45, 2.75) is 6.54 Å². The fourth-order valence-corrected chi connectivity index (χ4v) is 1.83. The molecule has 21 heavy (non-hydrogen) atoms. The Morgan fingerprint density at radius 1 is 1.29 bits per heavy atom. The van der Waals surface area contributed by atoms with E-state index in [1.54, 1.807) is 18.2 Å². The van der Waals surface area contributed by atoms with Crippen molar-refractivity contribution in [3.63, 3.8) is 0 Å². The normalized spacial score (nSPS) is 10.2. The van der Waals surface area contributed by atoms with Gasteiger partial charge >= 0.3 is 0 Å². The summed E-state index contributed by atoms with van der Waals surface area (Å²) in [4.78, 5) is 15.9. The number of nitrogens with zero attached hydrogens (tertiary/aromatic N) is 1. The van der Waals surface area contributed by atoms with Crippen LogP contribution in [0.4, 0.5) is 0 Å². The summed E-state index contributed by atoms with van der Waals surface area (Å²) in [6.45, 7) is 0.462. The molecule has 2 aromatic rings. The van der Waals surface area contributed by atoms with E-state index in [1.165, 1.54) is 6.20 Å². The largest absolute Gasteiger partial charge is 0.491 e. The monoisotopic (exact) mass is 306 g/mol. The minimum atomic E-state index is -0.288. The van der Waals surface area contributed by atoms with Gasteiger partial charge in [0.1, 0.15) is 18.1 Å². The lowest BCUT2D eigenvalue weighted by Crippen LogP contribution is -2.24. The van der Waals surface area contributed by atoms with Crippen LogP contribution in [0.1, 0.15) is 16.1 Å². The lowest BCUT2D eigenvalue weighted by atomic mass is 10.2. The lowest BCUT2D eigenvalue weighted by molar-refractivity contribution is 0.0945. The Hall–Kier alpha value is -2.11. The molecular formula is C15H15ClN2O3. The molecule has 1 aromatic carbocycles. The fourth-order valence-electron chi connectivity index (χ4n) is 1.72. The highest BCUT2D eigenvalue weighted by Gasteiger charge is 2.08. The van der Waals surface area contributed by atoms with Crippen LogP contribution in [0, 0.1) is 0 Å². The molecule has 1 amide bonds. The molecule has 0 aliphatic carbocycles. The van der Waals surface area contributed by atoms with Crippen molar-refractivity contribution in [3.8, 4) is 5.75 Å². The summed E-state index contributed by atoms with van der Waals surface area (Å²) in [5, 5.41) is 12.0. The fraction of sp³-hybridized carbons (Fsp3) is 0.200. The Kier molecular flexibility index (Phi) is 5.54. The molecule has 0 aliphatic rings. The predicted octanol–water partition coefficient (Wildman–Crippen LogP) is 2.04. The van der Waals surface area contributed by atoms with Gasteiger partial charge in [0.05, 0.1) is 11.6 Å².